The third-order valence-electron chi connectivity index (χ3n) is 3.72. The van der Waals surface area contributed by atoms with Crippen molar-refractivity contribution in [1.29, 1.82) is 0 Å². The lowest BCUT2D eigenvalue weighted by Crippen LogP contribution is -1.98. The maximum absolute atomic E-state index is 5.83. The van der Waals surface area contributed by atoms with E-state index in [1.165, 1.54) is 0 Å². The van der Waals surface area contributed by atoms with Crippen molar-refractivity contribution >= 4 is 28.6 Å². The minimum atomic E-state index is 0.582. The molecule has 0 aliphatic carbocycles. The quantitative estimate of drug-likeness (QED) is 0.545. The van der Waals surface area contributed by atoms with Gasteiger partial charge in [-0.3, -0.25) is 0 Å². The number of rotatable bonds is 4. The van der Waals surface area contributed by atoms with Gasteiger partial charge in [0.25, 0.3) is 0 Å². The fraction of sp³-hybridized carbons (Fsp3) is 0. The zero-order chi connectivity index (χ0) is 16.2. The maximum Gasteiger partial charge on any atom is 0.222 e. The van der Waals surface area contributed by atoms with E-state index < -0.39 is 0 Å². The van der Waals surface area contributed by atoms with Crippen molar-refractivity contribution in [2.45, 2.75) is 0 Å². The van der Waals surface area contributed by atoms with Gasteiger partial charge in [-0.15, -0.1) is 0 Å². The largest absolute Gasteiger partial charge is 0.437 e. The number of nitrogens with one attached hydrogen (secondary N) is 1. The average Bonchev–Trinajstić information content (AvgIpc) is 3.05. The standard InChI is InChI=1S/C21H16N2O/c1-3-9-16(10-4-1)19(22-17-11-5-2-6-12-17)15-21-23-18-13-7-8-14-20(18)24-21/h1-15,22H. The molecule has 0 aliphatic rings. The minimum Gasteiger partial charge on any atom is -0.437 e. The van der Waals surface area contributed by atoms with Crippen LogP contribution in [0.25, 0.3) is 22.9 Å². The number of fused-ring (bicyclic) bond motifs is 1. The van der Waals surface area contributed by atoms with E-state index in [9.17, 15) is 0 Å². The molecular formula is C21H16N2O. The highest BCUT2D eigenvalue weighted by Gasteiger charge is 2.07. The zero-order valence-corrected chi connectivity index (χ0v) is 13.0. The lowest BCUT2D eigenvalue weighted by molar-refractivity contribution is 0.589. The molecule has 3 aromatic carbocycles. The predicted molar refractivity (Wildman–Crippen MR) is 98.4 cm³/mol. The summed E-state index contributed by atoms with van der Waals surface area (Å²) in [5.41, 5.74) is 4.67. The van der Waals surface area contributed by atoms with Crippen molar-refractivity contribution in [1.82, 2.24) is 4.98 Å². The Labute approximate surface area is 140 Å². The molecule has 24 heavy (non-hydrogen) atoms. The Kier molecular flexibility index (Phi) is 3.82. The van der Waals surface area contributed by atoms with Crippen LogP contribution in [0.1, 0.15) is 11.5 Å². The number of hydrogen-bond donors (Lipinski definition) is 1. The van der Waals surface area contributed by atoms with E-state index in [1.807, 2.05) is 78.9 Å². The van der Waals surface area contributed by atoms with Crippen molar-refractivity contribution in [3.8, 4) is 0 Å². The number of nitrogens with zero attached hydrogens (tertiary/aromatic N) is 1. The summed E-state index contributed by atoms with van der Waals surface area (Å²) in [7, 11) is 0. The fourth-order valence-corrected chi connectivity index (χ4v) is 2.56. The molecule has 3 nitrogen and oxygen atoms in total. The number of benzene rings is 3. The normalized spacial score (nSPS) is 11.6. The van der Waals surface area contributed by atoms with Crippen LogP contribution in [0.15, 0.2) is 89.3 Å². The van der Waals surface area contributed by atoms with Gasteiger partial charge >= 0.3 is 0 Å². The first-order chi connectivity index (χ1) is 11.9. The predicted octanol–water partition coefficient (Wildman–Crippen LogP) is 5.44. The smallest absolute Gasteiger partial charge is 0.222 e. The summed E-state index contributed by atoms with van der Waals surface area (Å²) in [4.78, 5) is 4.54. The molecule has 0 atom stereocenters. The van der Waals surface area contributed by atoms with Gasteiger partial charge in [-0.05, 0) is 29.8 Å². The first-order valence-electron chi connectivity index (χ1n) is 7.83. The summed E-state index contributed by atoms with van der Waals surface area (Å²) in [5, 5.41) is 3.45. The number of para-hydroxylation sites is 3. The Bertz CT molecular complexity index is 939. The first kappa shape index (κ1) is 14.3. The Morgan fingerprint density at radius 1 is 0.792 bits per heavy atom. The van der Waals surface area contributed by atoms with Gasteiger partial charge in [0.05, 0.1) is 5.70 Å². The van der Waals surface area contributed by atoms with Gasteiger partial charge in [0.2, 0.25) is 5.89 Å². The van der Waals surface area contributed by atoms with Crippen LogP contribution in [-0.4, -0.2) is 4.98 Å². The Morgan fingerprint density at radius 2 is 1.46 bits per heavy atom. The first-order valence-corrected chi connectivity index (χ1v) is 7.83. The highest BCUT2D eigenvalue weighted by Crippen LogP contribution is 2.23. The van der Waals surface area contributed by atoms with E-state index in [4.69, 9.17) is 4.42 Å². The molecule has 0 saturated carbocycles. The second-order valence-electron chi connectivity index (χ2n) is 5.43. The zero-order valence-electron chi connectivity index (χ0n) is 13.0. The molecule has 4 rings (SSSR count). The Morgan fingerprint density at radius 3 is 2.21 bits per heavy atom. The van der Waals surface area contributed by atoms with Gasteiger partial charge in [0.15, 0.2) is 5.58 Å². The van der Waals surface area contributed by atoms with Crippen molar-refractivity contribution in [3.63, 3.8) is 0 Å². The molecule has 1 N–H and O–H groups in total. The van der Waals surface area contributed by atoms with E-state index in [2.05, 4.69) is 22.4 Å². The van der Waals surface area contributed by atoms with Crippen LogP contribution in [-0.2, 0) is 0 Å². The lowest BCUT2D eigenvalue weighted by atomic mass is 10.1. The molecule has 0 unspecified atom stereocenters. The molecule has 0 saturated heterocycles. The lowest BCUT2D eigenvalue weighted by Gasteiger charge is -2.10. The maximum atomic E-state index is 5.83. The van der Waals surface area contributed by atoms with E-state index in [0.29, 0.717) is 5.89 Å². The van der Waals surface area contributed by atoms with E-state index in [-0.39, 0.29) is 0 Å². The molecule has 0 aliphatic heterocycles. The van der Waals surface area contributed by atoms with Crippen LogP contribution in [0.5, 0.6) is 0 Å². The van der Waals surface area contributed by atoms with Crippen LogP contribution in [0.4, 0.5) is 5.69 Å². The molecule has 0 bridgehead atoms. The van der Waals surface area contributed by atoms with Gasteiger partial charge < -0.3 is 9.73 Å². The van der Waals surface area contributed by atoms with Gasteiger partial charge in [-0.1, -0.05) is 60.7 Å². The van der Waals surface area contributed by atoms with E-state index in [1.54, 1.807) is 0 Å². The second-order valence-corrected chi connectivity index (χ2v) is 5.43. The highest BCUT2D eigenvalue weighted by atomic mass is 16.3. The van der Waals surface area contributed by atoms with Crippen molar-refractivity contribution in [2.24, 2.45) is 0 Å². The number of hydrogen-bond acceptors (Lipinski definition) is 3. The second kappa shape index (κ2) is 6.42. The van der Waals surface area contributed by atoms with Crippen molar-refractivity contribution < 1.29 is 4.42 Å². The van der Waals surface area contributed by atoms with Crippen LogP contribution in [0, 0.1) is 0 Å². The number of anilines is 1. The average molecular weight is 312 g/mol. The summed E-state index contributed by atoms with van der Waals surface area (Å²) in [6.45, 7) is 0. The molecule has 0 spiro atoms. The molecule has 116 valence electrons. The van der Waals surface area contributed by atoms with Gasteiger partial charge in [0, 0.05) is 11.8 Å². The minimum absolute atomic E-state index is 0.582. The summed E-state index contributed by atoms with van der Waals surface area (Å²) in [5.74, 6) is 0.582. The summed E-state index contributed by atoms with van der Waals surface area (Å²) in [6.07, 6.45) is 1.93. The summed E-state index contributed by atoms with van der Waals surface area (Å²) >= 11 is 0. The van der Waals surface area contributed by atoms with Crippen LogP contribution in [0.3, 0.4) is 0 Å². The third-order valence-corrected chi connectivity index (χ3v) is 3.72. The van der Waals surface area contributed by atoms with Crippen molar-refractivity contribution in [2.75, 3.05) is 5.32 Å². The number of oxazole rings is 1. The van der Waals surface area contributed by atoms with Crippen LogP contribution < -0.4 is 5.32 Å². The molecule has 3 heteroatoms. The molecule has 1 aromatic heterocycles. The Balaban J connectivity index is 1.76. The van der Waals surface area contributed by atoms with Crippen molar-refractivity contribution in [3.05, 3.63) is 96.4 Å². The number of aromatic nitrogens is 1. The molecule has 0 fully saturated rings. The highest BCUT2D eigenvalue weighted by molar-refractivity contribution is 5.88. The van der Waals surface area contributed by atoms with Gasteiger partial charge in [-0.2, -0.15) is 0 Å². The van der Waals surface area contributed by atoms with E-state index >= 15 is 0 Å². The molecule has 0 radical (unpaired) electrons. The van der Waals surface area contributed by atoms with Crippen LogP contribution in [0.2, 0.25) is 0 Å². The van der Waals surface area contributed by atoms with Gasteiger partial charge in [0.1, 0.15) is 5.52 Å². The molecular weight excluding hydrogens is 296 g/mol. The summed E-state index contributed by atoms with van der Waals surface area (Å²) in [6, 6.07) is 28.0. The third kappa shape index (κ3) is 3.06. The molecule has 4 aromatic rings. The van der Waals surface area contributed by atoms with Crippen LogP contribution >= 0.6 is 0 Å². The topological polar surface area (TPSA) is 38.1 Å². The molecule has 1 heterocycles. The Hall–Kier alpha value is -3.33. The van der Waals surface area contributed by atoms with E-state index in [0.717, 1.165) is 28.0 Å². The molecule has 0 amide bonds. The SMILES string of the molecule is C(=C(Nc1ccccc1)c1ccccc1)c1nc2ccccc2o1. The fourth-order valence-electron chi connectivity index (χ4n) is 2.56. The monoisotopic (exact) mass is 312 g/mol. The summed E-state index contributed by atoms with van der Waals surface area (Å²) < 4.78 is 5.83. The van der Waals surface area contributed by atoms with Gasteiger partial charge in [-0.25, -0.2) is 4.98 Å².